The molecule has 0 radical (unpaired) electrons. The maximum atomic E-state index is 13.1. The molecule has 120 valence electrons. The number of rotatable bonds is 4. The monoisotopic (exact) mass is 320 g/mol. The first-order chi connectivity index (χ1) is 11.7. The average Bonchev–Trinajstić information content (AvgIpc) is 3.23. The number of aryl methyl sites for hydroxylation is 1. The number of aromatic nitrogens is 3. The van der Waals surface area contributed by atoms with Crippen LogP contribution in [0.3, 0.4) is 0 Å². The van der Waals surface area contributed by atoms with Crippen LogP contribution in [0.1, 0.15) is 24.5 Å². The Balaban J connectivity index is 1.64. The first-order valence-electron chi connectivity index (χ1n) is 8.09. The predicted molar refractivity (Wildman–Crippen MR) is 93.6 cm³/mol. The quantitative estimate of drug-likeness (QED) is 0.732. The van der Waals surface area contributed by atoms with Crippen LogP contribution in [-0.4, -0.2) is 27.3 Å². The molecule has 4 nitrogen and oxygen atoms in total. The molecular weight excluding hydrogens is 303 g/mol. The van der Waals surface area contributed by atoms with Crippen LogP contribution >= 0.6 is 0 Å². The maximum absolute atomic E-state index is 13.1. The van der Waals surface area contributed by atoms with E-state index in [9.17, 15) is 4.39 Å². The van der Waals surface area contributed by atoms with E-state index in [0.717, 1.165) is 46.4 Å². The standard InChI is InChI=1S/C19H17FN4/c1-2-9-24-19-8-5-14(10-18(19)22-23-24)15-11-17(21-12-15)13-3-6-16(20)7-4-13/h3-8,10-11H,2,9,12H2,1H3. The van der Waals surface area contributed by atoms with Gasteiger partial charge < -0.3 is 0 Å². The zero-order valence-electron chi connectivity index (χ0n) is 13.4. The molecule has 0 saturated heterocycles. The number of allylic oxidation sites excluding steroid dienone is 1. The number of nitrogens with zero attached hydrogens (tertiary/aromatic N) is 4. The van der Waals surface area contributed by atoms with Gasteiger partial charge in [0, 0.05) is 6.54 Å². The average molecular weight is 320 g/mol. The summed E-state index contributed by atoms with van der Waals surface area (Å²) in [4.78, 5) is 4.57. The van der Waals surface area contributed by atoms with Gasteiger partial charge in [-0.05, 0) is 65.6 Å². The van der Waals surface area contributed by atoms with Gasteiger partial charge in [-0.15, -0.1) is 5.10 Å². The van der Waals surface area contributed by atoms with Gasteiger partial charge in [0.25, 0.3) is 0 Å². The van der Waals surface area contributed by atoms with Crippen LogP contribution in [-0.2, 0) is 6.54 Å². The minimum Gasteiger partial charge on any atom is -0.280 e. The summed E-state index contributed by atoms with van der Waals surface area (Å²) in [5.74, 6) is -0.234. The molecule has 0 fully saturated rings. The number of aliphatic imine (C=N–C) groups is 1. The Morgan fingerprint density at radius 2 is 1.88 bits per heavy atom. The molecule has 0 unspecified atom stereocenters. The van der Waals surface area contributed by atoms with Gasteiger partial charge in [0.15, 0.2) is 0 Å². The van der Waals surface area contributed by atoms with Crippen LogP contribution in [0.25, 0.3) is 16.6 Å². The molecule has 0 bridgehead atoms. The van der Waals surface area contributed by atoms with Crippen LogP contribution in [0.2, 0.25) is 0 Å². The van der Waals surface area contributed by atoms with Gasteiger partial charge >= 0.3 is 0 Å². The van der Waals surface area contributed by atoms with Crippen molar-refractivity contribution in [3.8, 4) is 0 Å². The molecule has 0 atom stereocenters. The number of benzene rings is 2. The molecule has 4 rings (SSSR count). The largest absolute Gasteiger partial charge is 0.280 e. The molecular formula is C19H17FN4. The van der Waals surface area contributed by atoms with E-state index in [0.29, 0.717) is 6.54 Å². The molecule has 0 saturated carbocycles. The predicted octanol–water partition coefficient (Wildman–Crippen LogP) is 3.87. The van der Waals surface area contributed by atoms with E-state index >= 15 is 0 Å². The van der Waals surface area contributed by atoms with Crippen molar-refractivity contribution < 1.29 is 4.39 Å². The molecule has 24 heavy (non-hydrogen) atoms. The van der Waals surface area contributed by atoms with Crippen molar-refractivity contribution in [3.05, 3.63) is 65.5 Å². The highest BCUT2D eigenvalue weighted by Crippen LogP contribution is 2.24. The van der Waals surface area contributed by atoms with Gasteiger partial charge in [0.1, 0.15) is 11.3 Å². The topological polar surface area (TPSA) is 43.1 Å². The van der Waals surface area contributed by atoms with E-state index < -0.39 is 0 Å². The van der Waals surface area contributed by atoms with E-state index in [1.807, 2.05) is 4.68 Å². The molecule has 2 aromatic carbocycles. The lowest BCUT2D eigenvalue weighted by Gasteiger charge is -2.02. The zero-order chi connectivity index (χ0) is 16.5. The van der Waals surface area contributed by atoms with Gasteiger partial charge in [-0.3, -0.25) is 4.99 Å². The number of halogens is 1. The van der Waals surface area contributed by atoms with E-state index in [1.54, 1.807) is 12.1 Å². The molecule has 0 amide bonds. The molecule has 1 aliphatic rings. The van der Waals surface area contributed by atoms with Crippen LogP contribution < -0.4 is 0 Å². The molecule has 0 aliphatic carbocycles. The van der Waals surface area contributed by atoms with Crippen LogP contribution in [0.5, 0.6) is 0 Å². The third kappa shape index (κ3) is 2.62. The summed E-state index contributed by atoms with van der Waals surface area (Å²) in [5, 5.41) is 8.47. The molecule has 2 heterocycles. The van der Waals surface area contributed by atoms with E-state index in [4.69, 9.17) is 0 Å². The Kier molecular flexibility index (Phi) is 3.69. The smallest absolute Gasteiger partial charge is 0.123 e. The fraction of sp³-hybridized carbons (Fsp3) is 0.211. The lowest BCUT2D eigenvalue weighted by molar-refractivity contribution is 0.596. The summed E-state index contributed by atoms with van der Waals surface area (Å²) in [6.45, 7) is 3.62. The summed E-state index contributed by atoms with van der Waals surface area (Å²) in [6, 6.07) is 12.6. The second-order valence-electron chi connectivity index (χ2n) is 5.89. The summed E-state index contributed by atoms with van der Waals surface area (Å²) in [6.07, 6.45) is 3.09. The van der Waals surface area contributed by atoms with Crippen LogP contribution in [0.4, 0.5) is 4.39 Å². The Labute approximate surface area is 139 Å². The molecule has 1 aromatic heterocycles. The van der Waals surface area contributed by atoms with Gasteiger partial charge in [-0.25, -0.2) is 9.07 Å². The van der Waals surface area contributed by atoms with Crippen molar-refractivity contribution in [1.82, 2.24) is 15.0 Å². The van der Waals surface area contributed by atoms with Crippen molar-refractivity contribution in [3.63, 3.8) is 0 Å². The number of hydrogen-bond acceptors (Lipinski definition) is 3. The third-order valence-corrected chi connectivity index (χ3v) is 4.19. The normalized spacial score (nSPS) is 14.1. The van der Waals surface area contributed by atoms with Crippen molar-refractivity contribution >= 4 is 22.3 Å². The Hall–Kier alpha value is -2.82. The lowest BCUT2D eigenvalue weighted by atomic mass is 10.0. The summed E-state index contributed by atoms with van der Waals surface area (Å²) >= 11 is 0. The molecule has 5 heteroatoms. The second kappa shape index (κ2) is 6.00. The maximum Gasteiger partial charge on any atom is 0.123 e. The minimum atomic E-state index is -0.234. The zero-order valence-corrected chi connectivity index (χ0v) is 13.4. The van der Waals surface area contributed by atoms with Crippen LogP contribution in [0.15, 0.2) is 53.5 Å². The summed E-state index contributed by atoms with van der Waals surface area (Å²) < 4.78 is 15.0. The Morgan fingerprint density at radius 3 is 2.67 bits per heavy atom. The number of fused-ring (bicyclic) bond motifs is 1. The molecule has 3 aromatic rings. The van der Waals surface area contributed by atoms with Crippen LogP contribution in [0, 0.1) is 5.82 Å². The van der Waals surface area contributed by atoms with E-state index in [-0.39, 0.29) is 5.82 Å². The van der Waals surface area contributed by atoms with Gasteiger partial charge in [0.05, 0.1) is 17.8 Å². The summed E-state index contributed by atoms with van der Waals surface area (Å²) in [5.41, 5.74) is 6.02. The Bertz CT molecular complexity index is 951. The van der Waals surface area contributed by atoms with E-state index in [2.05, 4.69) is 46.5 Å². The summed E-state index contributed by atoms with van der Waals surface area (Å²) in [7, 11) is 0. The fourth-order valence-electron chi connectivity index (χ4n) is 2.95. The first-order valence-corrected chi connectivity index (χ1v) is 8.09. The van der Waals surface area contributed by atoms with Crippen molar-refractivity contribution in [2.75, 3.05) is 6.54 Å². The highest BCUT2D eigenvalue weighted by Gasteiger charge is 2.13. The van der Waals surface area contributed by atoms with Crippen molar-refractivity contribution in [1.29, 1.82) is 0 Å². The third-order valence-electron chi connectivity index (χ3n) is 4.19. The Morgan fingerprint density at radius 1 is 1.08 bits per heavy atom. The van der Waals surface area contributed by atoms with Gasteiger partial charge in [-0.2, -0.15) is 0 Å². The molecule has 0 N–H and O–H groups in total. The lowest BCUT2D eigenvalue weighted by Crippen LogP contribution is -1.98. The fourth-order valence-corrected chi connectivity index (χ4v) is 2.95. The van der Waals surface area contributed by atoms with Crippen molar-refractivity contribution in [2.45, 2.75) is 19.9 Å². The second-order valence-corrected chi connectivity index (χ2v) is 5.89. The molecule has 1 aliphatic heterocycles. The first kappa shape index (κ1) is 14.8. The van der Waals surface area contributed by atoms with Gasteiger partial charge in [0.2, 0.25) is 0 Å². The van der Waals surface area contributed by atoms with E-state index in [1.165, 1.54) is 12.1 Å². The highest BCUT2D eigenvalue weighted by molar-refractivity contribution is 6.15. The number of hydrogen-bond donors (Lipinski definition) is 0. The highest BCUT2D eigenvalue weighted by atomic mass is 19.1. The van der Waals surface area contributed by atoms with Crippen molar-refractivity contribution in [2.24, 2.45) is 4.99 Å². The minimum absolute atomic E-state index is 0.234. The van der Waals surface area contributed by atoms with Gasteiger partial charge in [-0.1, -0.05) is 18.2 Å². The molecule has 0 spiro atoms. The SMILES string of the molecule is CCCn1nnc2cc(C3=CC(c4ccc(F)cc4)=NC3)ccc21.